The van der Waals surface area contributed by atoms with E-state index in [-0.39, 0.29) is 51.4 Å². The van der Waals surface area contributed by atoms with Gasteiger partial charge in [0.25, 0.3) is 5.56 Å². The molecule has 0 spiro atoms. The Labute approximate surface area is 115 Å². The maximum Gasteiger partial charge on any atom is 1.00 e. The van der Waals surface area contributed by atoms with Gasteiger partial charge in [-0.1, -0.05) is 0 Å². The van der Waals surface area contributed by atoms with E-state index in [1.165, 1.54) is 6.07 Å². The Kier molecular flexibility index (Phi) is 5.45. The van der Waals surface area contributed by atoms with Crippen LogP contribution in [0.1, 0.15) is 0 Å². The van der Waals surface area contributed by atoms with E-state index in [1.54, 1.807) is 0 Å². The van der Waals surface area contributed by atoms with Gasteiger partial charge in [-0.05, 0) is 6.07 Å². The van der Waals surface area contributed by atoms with Gasteiger partial charge in [0.15, 0.2) is 0 Å². The molecule has 0 fully saturated rings. The van der Waals surface area contributed by atoms with Gasteiger partial charge in [0, 0.05) is 18.7 Å². The van der Waals surface area contributed by atoms with Crippen molar-refractivity contribution < 1.29 is 64.3 Å². The summed E-state index contributed by atoms with van der Waals surface area (Å²) in [6.45, 7) is -5.00. The van der Waals surface area contributed by atoms with E-state index in [4.69, 9.17) is 0 Å². The minimum atomic E-state index is -5.00. The second kappa shape index (κ2) is 5.30. The average Bonchev–Trinajstić information content (AvgIpc) is 1.91. The van der Waals surface area contributed by atoms with Gasteiger partial charge in [0.1, 0.15) is 0 Å². The second-order valence-electron chi connectivity index (χ2n) is 2.25. The van der Waals surface area contributed by atoms with Gasteiger partial charge in [-0.25, -0.2) is 0 Å². The van der Waals surface area contributed by atoms with Gasteiger partial charge < -0.3 is 12.9 Å². The minimum Gasteiger partial charge on any atom is -0.448 e. The van der Waals surface area contributed by atoms with Crippen LogP contribution in [0.2, 0.25) is 0 Å². The topological polar surface area (TPSA) is 34.9 Å². The standard InChI is InChI=1S/C5H5BF3N2O.K/c7-6(8,9)4-11-5(12)2-1-3-10-11;/h1-3H,4H2;/q-1;+1. The molecule has 1 heterocycles. The van der Waals surface area contributed by atoms with Crippen molar-refractivity contribution in [3.05, 3.63) is 28.7 Å². The third-order valence-electron chi connectivity index (χ3n) is 1.17. The average molecular weight is 216 g/mol. The molecule has 13 heavy (non-hydrogen) atoms. The summed E-state index contributed by atoms with van der Waals surface area (Å²) in [7, 11) is 0. The Hall–Kier alpha value is 0.371. The first kappa shape index (κ1) is 13.4. The monoisotopic (exact) mass is 216 g/mol. The van der Waals surface area contributed by atoms with Crippen LogP contribution in [0.4, 0.5) is 12.9 Å². The van der Waals surface area contributed by atoms with Gasteiger partial charge in [-0.3, -0.25) is 9.48 Å². The molecule has 1 rings (SSSR count). The maximum atomic E-state index is 11.8. The molecule has 0 aliphatic rings. The van der Waals surface area contributed by atoms with Gasteiger partial charge in [-0.15, -0.1) is 0 Å². The molecular weight excluding hydrogens is 211 g/mol. The number of hydrogen-bond donors (Lipinski definition) is 0. The van der Waals surface area contributed by atoms with E-state index in [0.29, 0.717) is 4.68 Å². The molecule has 8 heteroatoms. The zero-order valence-corrected chi connectivity index (χ0v) is 10.1. The number of aromatic nitrogens is 2. The second-order valence-corrected chi connectivity index (χ2v) is 2.25. The van der Waals surface area contributed by atoms with Crippen LogP contribution in [-0.4, -0.2) is 16.8 Å². The summed E-state index contributed by atoms with van der Waals surface area (Å²) in [5.74, 6) is 0. The Morgan fingerprint density at radius 2 is 2.08 bits per heavy atom. The predicted molar refractivity (Wildman–Crippen MR) is 37.6 cm³/mol. The molecule has 0 aliphatic carbocycles. The van der Waals surface area contributed by atoms with Crippen molar-refractivity contribution in [1.82, 2.24) is 9.78 Å². The molecule has 1 aromatic heterocycles. The van der Waals surface area contributed by atoms with Crippen molar-refractivity contribution in [2.45, 2.75) is 6.44 Å². The van der Waals surface area contributed by atoms with Crippen LogP contribution in [0, 0.1) is 0 Å². The Morgan fingerprint density at radius 3 is 2.54 bits per heavy atom. The number of halogens is 3. The summed E-state index contributed by atoms with van der Waals surface area (Å²) < 4.78 is 35.7. The Balaban J connectivity index is 0.00000144. The van der Waals surface area contributed by atoms with E-state index in [2.05, 4.69) is 5.10 Å². The molecule has 0 N–H and O–H groups in total. The van der Waals surface area contributed by atoms with Crippen molar-refractivity contribution in [2.24, 2.45) is 0 Å². The van der Waals surface area contributed by atoms with Crippen LogP contribution in [0.3, 0.4) is 0 Å². The molecule has 0 saturated carbocycles. The van der Waals surface area contributed by atoms with Gasteiger partial charge >= 0.3 is 58.4 Å². The summed E-state index contributed by atoms with van der Waals surface area (Å²) in [5, 5.41) is 3.26. The molecule has 3 nitrogen and oxygen atoms in total. The number of hydrogen-bond acceptors (Lipinski definition) is 2. The van der Waals surface area contributed by atoms with E-state index in [1.807, 2.05) is 0 Å². The first-order chi connectivity index (χ1) is 5.49. The van der Waals surface area contributed by atoms with E-state index < -0.39 is 19.0 Å². The quantitative estimate of drug-likeness (QED) is 0.518. The van der Waals surface area contributed by atoms with E-state index in [9.17, 15) is 17.7 Å². The van der Waals surface area contributed by atoms with Crippen LogP contribution in [0.5, 0.6) is 0 Å². The third kappa shape index (κ3) is 4.96. The molecule has 0 atom stereocenters. The summed E-state index contributed by atoms with van der Waals surface area (Å²) in [5.41, 5.74) is -0.739. The molecular formula is C5H5BF3KN2O. The van der Waals surface area contributed by atoms with Crippen LogP contribution in [-0.2, 0) is 6.44 Å². The summed E-state index contributed by atoms with van der Waals surface area (Å²) in [4.78, 5) is 10.7. The smallest absolute Gasteiger partial charge is 0.448 e. The van der Waals surface area contributed by atoms with E-state index >= 15 is 0 Å². The molecule has 0 aliphatic heterocycles. The third-order valence-corrected chi connectivity index (χ3v) is 1.17. The molecule has 0 amide bonds. The fourth-order valence-corrected chi connectivity index (χ4v) is 0.720. The molecule has 0 saturated heterocycles. The normalized spacial score (nSPS) is 10.7. The zero-order valence-electron chi connectivity index (χ0n) is 6.95. The zero-order chi connectivity index (χ0) is 9.19. The fraction of sp³-hybridized carbons (Fsp3) is 0.200. The van der Waals surface area contributed by atoms with Crippen LogP contribution >= 0.6 is 0 Å². The van der Waals surface area contributed by atoms with Crippen molar-refractivity contribution >= 4 is 6.98 Å². The van der Waals surface area contributed by atoms with Gasteiger partial charge in [0.05, 0.1) is 0 Å². The van der Waals surface area contributed by atoms with Gasteiger partial charge in [-0.2, -0.15) is 5.10 Å². The number of nitrogens with zero attached hydrogens (tertiary/aromatic N) is 2. The molecule has 0 unspecified atom stereocenters. The molecule has 0 bridgehead atoms. The molecule has 0 aromatic carbocycles. The molecule has 0 radical (unpaired) electrons. The Bertz CT molecular complexity index is 326. The van der Waals surface area contributed by atoms with Crippen LogP contribution < -0.4 is 56.9 Å². The maximum absolute atomic E-state index is 11.8. The largest absolute Gasteiger partial charge is 1.00 e. The Morgan fingerprint density at radius 1 is 1.46 bits per heavy atom. The first-order valence-electron chi connectivity index (χ1n) is 3.22. The molecule has 66 valence electrons. The van der Waals surface area contributed by atoms with Crippen molar-refractivity contribution in [1.29, 1.82) is 0 Å². The van der Waals surface area contributed by atoms with Crippen molar-refractivity contribution in [3.8, 4) is 0 Å². The SMILES string of the molecule is O=c1cccnn1C[B-](F)(F)F.[K+]. The number of rotatable bonds is 2. The first-order valence-corrected chi connectivity index (χ1v) is 3.22. The fourth-order valence-electron chi connectivity index (χ4n) is 0.720. The summed E-state index contributed by atoms with van der Waals surface area (Å²) in [6, 6.07) is 2.33. The molecule has 1 aromatic rings. The summed E-state index contributed by atoms with van der Waals surface area (Å²) >= 11 is 0. The van der Waals surface area contributed by atoms with Crippen molar-refractivity contribution in [3.63, 3.8) is 0 Å². The van der Waals surface area contributed by atoms with Crippen LogP contribution in [0.25, 0.3) is 0 Å². The summed E-state index contributed by atoms with van der Waals surface area (Å²) in [6.07, 6.45) is -0.136. The van der Waals surface area contributed by atoms with E-state index in [0.717, 1.165) is 12.3 Å². The van der Waals surface area contributed by atoms with Crippen molar-refractivity contribution in [2.75, 3.05) is 0 Å². The predicted octanol–water partition coefficient (Wildman–Crippen LogP) is -2.37. The van der Waals surface area contributed by atoms with Gasteiger partial charge in [0.2, 0.25) is 0 Å². The van der Waals surface area contributed by atoms with Crippen LogP contribution in [0.15, 0.2) is 23.1 Å². The minimum absolute atomic E-state index is 0.